The van der Waals surface area contributed by atoms with Crippen molar-refractivity contribution in [2.24, 2.45) is 22.9 Å². The van der Waals surface area contributed by atoms with Crippen molar-refractivity contribution in [2.45, 2.75) is 111 Å². The second kappa shape index (κ2) is 50.3. The molecule has 8 N–H and O–H groups in total. The minimum absolute atomic E-state index is 0.00650. The molecule has 640 valence electrons. The monoisotopic (exact) mass is 1650 g/mol. The van der Waals surface area contributed by atoms with Crippen molar-refractivity contribution in [1.29, 1.82) is 0 Å². The molecule has 0 spiro atoms. The van der Waals surface area contributed by atoms with Crippen LogP contribution in [0, 0.1) is 0 Å². The Morgan fingerprint density at radius 2 is 0.430 bits per heavy atom. The molecule has 0 heterocycles. The Balaban J connectivity index is 1.06. The zero-order valence-corrected chi connectivity index (χ0v) is 69.9. The first-order chi connectivity index (χ1) is 58.5. The third-order valence-electron chi connectivity index (χ3n) is 20.9. The highest BCUT2D eigenvalue weighted by atomic mass is 16.2. The summed E-state index contributed by atoms with van der Waals surface area (Å²) >= 11 is 0. The molecule has 0 aliphatic heterocycles. The molecule has 27 nitrogen and oxygen atoms in total. The highest BCUT2D eigenvalue weighted by Gasteiger charge is 2.35. The van der Waals surface area contributed by atoms with Gasteiger partial charge in [-0.1, -0.05) is 243 Å². The van der Waals surface area contributed by atoms with E-state index in [1.54, 1.807) is 171 Å². The number of nitrogens with zero attached hydrogens (tertiary/aromatic N) is 11. The van der Waals surface area contributed by atoms with Gasteiger partial charge in [0.15, 0.2) is 0 Å². The lowest BCUT2D eigenvalue weighted by atomic mass is 10.1. The van der Waals surface area contributed by atoms with Crippen molar-refractivity contribution >= 4 is 70.9 Å². The van der Waals surface area contributed by atoms with Crippen molar-refractivity contribution < 1.29 is 57.5 Å². The highest BCUT2D eigenvalue weighted by Crippen LogP contribution is 2.26. The van der Waals surface area contributed by atoms with Crippen molar-refractivity contribution in [2.75, 3.05) is 111 Å². The lowest BCUT2D eigenvalue weighted by molar-refractivity contribution is -0.150. The van der Waals surface area contributed by atoms with Crippen LogP contribution in [0.2, 0.25) is 0 Å². The first kappa shape index (κ1) is 93.8. The Morgan fingerprint density at radius 3 is 0.653 bits per heavy atom. The van der Waals surface area contributed by atoms with Crippen LogP contribution in [0.4, 0.5) is 0 Å². The van der Waals surface area contributed by atoms with Gasteiger partial charge in [-0.15, -0.1) is 0 Å². The van der Waals surface area contributed by atoms with Crippen molar-refractivity contribution in [3.8, 4) is 0 Å². The van der Waals surface area contributed by atoms with E-state index in [0.717, 1.165) is 16.7 Å². The molecule has 8 aromatic rings. The van der Waals surface area contributed by atoms with Crippen LogP contribution in [0.15, 0.2) is 243 Å². The number of benzene rings is 8. The van der Waals surface area contributed by atoms with Crippen LogP contribution >= 0.6 is 0 Å². The zero-order valence-electron chi connectivity index (χ0n) is 69.9. The molecule has 0 bridgehead atoms. The minimum Gasteiger partial charge on any atom is -0.368 e. The Morgan fingerprint density at radius 1 is 0.240 bits per heavy atom. The van der Waals surface area contributed by atoms with Gasteiger partial charge in [-0.25, -0.2) is 0 Å². The second-order valence-corrected chi connectivity index (χ2v) is 30.2. The smallest absolute Gasteiger partial charge is 0.243 e. The van der Waals surface area contributed by atoms with E-state index in [1.807, 2.05) is 85.8 Å². The first-order valence-corrected chi connectivity index (χ1v) is 41.3. The van der Waals surface area contributed by atoms with E-state index < -0.39 is 143 Å². The summed E-state index contributed by atoms with van der Waals surface area (Å²) in [7, 11) is 0. The fourth-order valence-corrected chi connectivity index (χ4v) is 14.0. The number of hydrogen-bond donors (Lipinski definition) is 4. The third kappa shape index (κ3) is 31.5. The number of primary amides is 1. The average Bonchev–Trinajstić information content (AvgIpc) is 0.841. The molecular weight excluding hydrogens is 1530 g/mol. The van der Waals surface area contributed by atoms with E-state index in [1.165, 1.54) is 60.8 Å². The van der Waals surface area contributed by atoms with Gasteiger partial charge >= 0.3 is 0 Å². The van der Waals surface area contributed by atoms with Gasteiger partial charge in [0.2, 0.25) is 70.9 Å². The molecule has 0 saturated carbocycles. The molecule has 2 atom stereocenters. The second-order valence-electron chi connectivity index (χ2n) is 30.2. The number of carbonyl (C=O) groups is 12. The number of rotatable bonds is 50. The number of unbranched alkanes of at least 4 members (excludes halogenated alkanes) is 3. The summed E-state index contributed by atoms with van der Waals surface area (Å²) in [4.78, 5) is 192. The fraction of sp³-hybridized carbons (Fsp3) is 0.362. The van der Waals surface area contributed by atoms with Crippen LogP contribution in [0.3, 0.4) is 0 Å². The summed E-state index contributed by atoms with van der Waals surface area (Å²) in [6.45, 7) is -0.305. The van der Waals surface area contributed by atoms with Crippen LogP contribution in [-0.2, 0) is 96.8 Å². The van der Waals surface area contributed by atoms with Gasteiger partial charge in [0.1, 0.15) is 45.8 Å². The standard InChI is InChI=1S/C94H117N15O12/c1-73(82-46-24-10-25-47-82)108(75(3)110)72-94(121)109(74(2)83-48-26-11-27-49-83)71-93(120)101(55-33-30-52-97)65-89(116)107(61-81-44-22-9-23-45-81)70-92(119)104(58-78-38-16-6-17-39-78)67-86(113)100(54-32-29-51-96)64-88(115)106(60-80-42-20-8-21-43-80)69-91(118)103(57-77-36-14-5-15-37-77)66-85(112)99(53-31-28-50-95)63-87(114)105(59-79-40-18-7-19-41-79)68-90(117)102(62-84(98)111)56-76-34-12-4-13-35-76/h4-27,34-49,73-74H,28-33,50-72,95-97H2,1-3H3,(H2,98,111)/t73-,74-/m0/s1. The van der Waals surface area contributed by atoms with Gasteiger partial charge in [0, 0.05) is 65.8 Å². The molecule has 0 aromatic heterocycles. The fourth-order valence-electron chi connectivity index (χ4n) is 14.0. The predicted molar refractivity (Wildman–Crippen MR) is 464 cm³/mol. The average molecular weight is 1650 g/mol. The van der Waals surface area contributed by atoms with E-state index in [0.29, 0.717) is 66.3 Å². The van der Waals surface area contributed by atoms with Gasteiger partial charge in [0.05, 0.1) is 38.3 Å². The van der Waals surface area contributed by atoms with Crippen molar-refractivity contribution in [3.63, 3.8) is 0 Å². The van der Waals surface area contributed by atoms with Gasteiger partial charge < -0.3 is 76.8 Å². The van der Waals surface area contributed by atoms with Crippen LogP contribution in [-0.4, -0.2) is 236 Å². The van der Waals surface area contributed by atoms with E-state index >= 15 is 33.6 Å². The lowest BCUT2D eigenvalue weighted by Gasteiger charge is -2.35. The molecule has 121 heavy (non-hydrogen) atoms. The largest absolute Gasteiger partial charge is 0.368 e. The molecule has 0 saturated heterocycles. The van der Waals surface area contributed by atoms with Crippen LogP contribution < -0.4 is 22.9 Å². The molecular formula is C94H117N15O12. The summed E-state index contributed by atoms with van der Waals surface area (Å²) < 4.78 is 0. The molecule has 0 aliphatic rings. The minimum atomic E-state index is -0.755. The van der Waals surface area contributed by atoms with Crippen LogP contribution in [0.1, 0.15) is 116 Å². The van der Waals surface area contributed by atoms with Gasteiger partial charge in [-0.2, -0.15) is 0 Å². The maximum absolute atomic E-state index is 15.5. The Kier molecular flexibility index (Phi) is 38.9. The SMILES string of the molecule is CC(=O)N(CC(=O)N(CC(=O)N(CCCCN)CC(=O)N(CC(=O)N(CC(=O)N(CCCCN)CC(=O)N(CC(=O)N(CC(=O)N(CCCCN)CC(=O)N(CC(=O)N(CC(N)=O)Cc1ccccc1)Cc1ccccc1)Cc1ccccc1)Cc1ccccc1)Cc1ccccc1)Cc1ccccc1)[C@@H](C)c1ccccc1)[C@@H](C)c1ccccc1. The van der Waals surface area contributed by atoms with Crippen molar-refractivity contribution in [1.82, 2.24) is 53.9 Å². The summed E-state index contributed by atoms with van der Waals surface area (Å²) in [6, 6.07) is 71.0. The first-order valence-electron chi connectivity index (χ1n) is 41.3. The molecule has 12 amide bonds. The van der Waals surface area contributed by atoms with Gasteiger partial charge in [-0.05, 0) is 117 Å². The summed E-state index contributed by atoms with van der Waals surface area (Å²) in [5.41, 5.74) is 29.2. The Labute approximate surface area is 710 Å². The normalized spacial score (nSPS) is 11.4. The number of hydrogen-bond acceptors (Lipinski definition) is 15. The topological polar surface area (TPSA) is 345 Å². The van der Waals surface area contributed by atoms with Crippen LogP contribution in [0.25, 0.3) is 0 Å². The third-order valence-corrected chi connectivity index (χ3v) is 20.9. The van der Waals surface area contributed by atoms with Crippen molar-refractivity contribution in [3.05, 3.63) is 287 Å². The predicted octanol–water partition coefficient (Wildman–Crippen LogP) is 7.55. The van der Waals surface area contributed by atoms with Gasteiger partial charge in [0.25, 0.3) is 0 Å². The molecule has 27 heteroatoms. The maximum Gasteiger partial charge on any atom is 0.243 e. The lowest BCUT2D eigenvalue weighted by Crippen LogP contribution is -2.52. The quantitative estimate of drug-likeness (QED) is 0.0267. The number of nitrogens with two attached hydrogens (primary N) is 4. The zero-order chi connectivity index (χ0) is 86.8. The van der Waals surface area contributed by atoms with E-state index in [-0.39, 0.29) is 91.0 Å². The Bertz CT molecular complexity index is 4590. The number of carbonyl (C=O) groups excluding carboxylic acids is 12. The summed E-state index contributed by atoms with van der Waals surface area (Å²) in [5.74, 6) is -7.23. The molecule has 0 radical (unpaired) electrons. The van der Waals surface area contributed by atoms with E-state index in [9.17, 15) is 24.0 Å². The Hall–Kier alpha value is -12.7. The molecule has 0 unspecified atom stereocenters. The molecule has 0 fully saturated rings. The summed E-state index contributed by atoms with van der Waals surface area (Å²) in [5, 5.41) is 0. The number of amides is 12. The van der Waals surface area contributed by atoms with E-state index in [4.69, 9.17) is 22.9 Å². The molecule has 8 rings (SSSR count). The van der Waals surface area contributed by atoms with Crippen LogP contribution in [0.5, 0.6) is 0 Å². The molecule has 0 aliphatic carbocycles. The highest BCUT2D eigenvalue weighted by molar-refractivity contribution is 5.95. The van der Waals surface area contributed by atoms with E-state index in [2.05, 4.69) is 0 Å². The summed E-state index contributed by atoms with van der Waals surface area (Å²) in [6.07, 6.45) is 2.49. The van der Waals surface area contributed by atoms with Gasteiger partial charge in [-0.3, -0.25) is 57.5 Å². The maximum atomic E-state index is 15.5. The molecule has 8 aromatic carbocycles.